The zero-order valence-corrected chi connectivity index (χ0v) is 11.9. The number of benzene rings is 2. The van der Waals surface area contributed by atoms with Crippen molar-refractivity contribution in [1.82, 2.24) is 0 Å². The second-order valence-electron chi connectivity index (χ2n) is 4.51. The lowest BCUT2D eigenvalue weighted by molar-refractivity contribution is 0.0698. The van der Waals surface area contributed by atoms with Crippen molar-refractivity contribution in [2.24, 2.45) is 0 Å². The number of carboxylic acids is 1. The van der Waals surface area contributed by atoms with E-state index in [1.165, 1.54) is 6.07 Å². The summed E-state index contributed by atoms with van der Waals surface area (Å²) in [4.78, 5) is 11.3. The van der Waals surface area contributed by atoms with Crippen LogP contribution in [0, 0.1) is 0 Å². The third-order valence-corrected chi connectivity index (χ3v) is 3.39. The molecule has 2 aromatic carbocycles. The molecule has 0 aliphatic rings. The molecule has 20 heavy (non-hydrogen) atoms. The van der Waals surface area contributed by atoms with Gasteiger partial charge in [-0.05, 0) is 30.2 Å². The van der Waals surface area contributed by atoms with Crippen LogP contribution in [0.3, 0.4) is 0 Å². The van der Waals surface area contributed by atoms with Gasteiger partial charge in [-0.2, -0.15) is 0 Å². The fraction of sp³-hybridized carbons (Fsp3) is 0.188. The lowest BCUT2D eigenvalue weighted by atomic mass is 10.0. The van der Waals surface area contributed by atoms with Gasteiger partial charge in [-0.15, -0.1) is 0 Å². The first-order valence-corrected chi connectivity index (χ1v) is 6.84. The zero-order valence-electron chi connectivity index (χ0n) is 11.1. The number of halogens is 1. The smallest absolute Gasteiger partial charge is 0.337 e. The molecule has 2 N–H and O–H groups in total. The molecule has 0 saturated heterocycles. The Morgan fingerprint density at radius 3 is 2.55 bits per heavy atom. The summed E-state index contributed by atoms with van der Waals surface area (Å²) < 4.78 is 0. The van der Waals surface area contributed by atoms with Gasteiger partial charge in [-0.3, -0.25) is 0 Å². The molecule has 3 nitrogen and oxygen atoms in total. The molecule has 4 heteroatoms. The summed E-state index contributed by atoms with van der Waals surface area (Å²) in [5.74, 6) is -0.988. The van der Waals surface area contributed by atoms with E-state index in [2.05, 4.69) is 12.2 Å². The summed E-state index contributed by atoms with van der Waals surface area (Å²) >= 11 is 5.86. The molecule has 0 fully saturated rings. The number of carbonyl (C=O) groups is 1. The Morgan fingerprint density at radius 1 is 1.25 bits per heavy atom. The third-order valence-electron chi connectivity index (χ3n) is 3.15. The summed E-state index contributed by atoms with van der Waals surface area (Å²) in [6.07, 6.45) is 0.853. The molecule has 2 aromatic rings. The molecule has 104 valence electrons. The van der Waals surface area contributed by atoms with E-state index in [1.54, 1.807) is 12.1 Å². The molecular weight excluding hydrogens is 274 g/mol. The molecule has 0 saturated carbocycles. The van der Waals surface area contributed by atoms with E-state index in [0.29, 0.717) is 10.7 Å². The van der Waals surface area contributed by atoms with Crippen molar-refractivity contribution >= 4 is 23.3 Å². The predicted octanol–water partition coefficient (Wildman–Crippen LogP) is 4.60. The van der Waals surface area contributed by atoms with Gasteiger partial charge < -0.3 is 10.4 Å². The van der Waals surface area contributed by atoms with Gasteiger partial charge in [-0.1, -0.05) is 48.9 Å². The SMILES string of the molecule is CCC(Nc1ccc(Cl)cc1C(=O)O)c1ccccc1. The van der Waals surface area contributed by atoms with Crippen LogP contribution in [0.5, 0.6) is 0 Å². The minimum absolute atomic E-state index is 0.0653. The van der Waals surface area contributed by atoms with Gasteiger partial charge in [0.05, 0.1) is 11.6 Å². The van der Waals surface area contributed by atoms with Crippen molar-refractivity contribution in [1.29, 1.82) is 0 Å². The molecule has 1 unspecified atom stereocenters. The third kappa shape index (κ3) is 3.31. The van der Waals surface area contributed by atoms with Crippen LogP contribution in [0.15, 0.2) is 48.5 Å². The van der Waals surface area contributed by atoms with Crippen LogP contribution in [-0.4, -0.2) is 11.1 Å². The van der Waals surface area contributed by atoms with Gasteiger partial charge in [0.2, 0.25) is 0 Å². The summed E-state index contributed by atoms with van der Waals surface area (Å²) in [7, 11) is 0. The van der Waals surface area contributed by atoms with Crippen LogP contribution in [-0.2, 0) is 0 Å². The van der Waals surface area contributed by atoms with Crippen molar-refractivity contribution in [3.8, 4) is 0 Å². The van der Waals surface area contributed by atoms with E-state index in [9.17, 15) is 9.90 Å². The van der Waals surface area contributed by atoms with Crippen LogP contribution in [0.4, 0.5) is 5.69 Å². The van der Waals surface area contributed by atoms with Gasteiger partial charge in [0.15, 0.2) is 0 Å². The second-order valence-corrected chi connectivity index (χ2v) is 4.95. The maximum Gasteiger partial charge on any atom is 0.337 e. The number of hydrogen-bond acceptors (Lipinski definition) is 2. The van der Waals surface area contributed by atoms with Crippen LogP contribution in [0.25, 0.3) is 0 Å². The van der Waals surface area contributed by atoms with Gasteiger partial charge in [0, 0.05) is 10.7 Å². The monoisotopic (exact) mass is 289 g/mol. The lowest BCUT2D eigenvalue weighted by Crippen LogP contribution is -2.12. The van der Waals surface area contributed by atoms with Gasteiger partial charge >= 0.3 is 5.97 Å². The normalized spacial score (nSPS) is 11.9. The van der Waals surface area contributed by atoms with Crippen molar-refractivity contribution in [2.75, 3.05) is 5.32 Å². The molecule has 0 aromatic heterocycles. The highest BCUT2D eigenvalue weighted by Gasteiger charge is 2.15. The first kappa shape index (κ1) is 14.4. The summed E-state index contributed by atoms with van der Waals surface area (Å²) in [5.41, 5.74) is 1.89. The second kappa shape index (κ2) is 6.44. The van der Waals surface area contributed by atoms with Crippen molar-refractivity contribution in [2.45, 2.75) is 19.4 Å². The average Bonchev–Trinajstić information content (AvgIpc) is 2.46. The topological polar surface area (TPSA) is 49.3 Å². The standard InChI is InChI=1S/C16H16ClNO2/c1-2-14(11-6-4-3-5-7-11)18-15-9-8-12(17)10-13(15)16(19)20/h3-10,14,18H,2H2,1H3,(H,19,20). The summed E-state index contributed by atoms with van der Waals surface area (Å²) in [6, 6.07) is 14.9. The van der Waals surface area contributed by atoms with Crippen molar-refractivity contribution < 1.29 is 9.90 Å². The molecule has 0 aliphatic heterocycles. The zero-order chi connectivity index (χ0) is 14.5. The number of carboxylic acid groups (broad SMARTS) is 1. The lowest BCUT2D eigenvalue weighted by Gasteiger charge is -2.20. The van der Waals surface area contributed by atoms with Gasteiger partial charge in [0.1, 0.15) is 0 Å². The molecular formula is C16H16ClNO2. The van der Waals surface area contributed by atoms with Crippen LogP contribution in [0.2, 0.25) is 5.02 Å². The fourth-order valence-corrected chi connectivity index (χ4v) is 2.29. The van der Waals surface area contributed by atoms with Crippen molar-refractivity contribution in [3.05, 3.63) is 64.7 Å². The van der Waals surface area contributed by atoms with E-state index in [1.807, 2.05) is 30.3 Å². The Hall–Kier alpha value is -2.00. The molecule has 0 bridgehead atoms. The molecule has 0 amide bonds. The van der Waals surface area contributed by atoms with E-state index < -0.39 is 5.97 Å². The van der Waals surface area contributed by atoms with Gasteiger partial charge in [0.25, 0.3) is 0 Å². The van der Waals surface area contributed by atoms with E-state index in [0.717, 1.165) is 12.0 Å². The number of aromatic carboxylic acids is 1. The quantitative estimate of drug-likeness (QED) is 0.845. The Labute approximate surface area is 123 Å². The van der Waals surface area contributed by atoms with Crippen LogP contribution >= 0.6 is 11.6 Å². The Morgan fingerprint density at radius 2 is 1.95 bits per heavy atom. The van der Waals surface area contributed by atoms with E-state index in [-0.39, 0.29) is 11.6 Å². The molecule has 0 radical (unpaired) electrons. The van der Waals surface area contributed by atoms with Crippen LogP contribution in [0.1, 0.15) is 35.3 Å². The highest BCUT2D eigenvalue weighted by atomic mass is 35.5. The highest BCUT2D eigenvalue weighted by molar-refractivity contribution is 6.31. The molecule has 1 atom stereocenters. The van der Waals surface area contributed by atoms with Crippen LogP contribution < -0.4 is 5.32 Å². The van der Waals surface area contributed by atoms with Gasteiger partial charge in [-0.25, -0.2) is 4.79 Å². The Balaban J connectivity index is 2.31. The number of rotatable bonds is 5. The average molecular weight is 290 g/mol. The number of hydrogen-bond donors (Lipinski definition) is 2. The number of anilines is 1. The molecule has 0 heterocycles. The minimum Gasteiger partial charge on any atom is -0.478 e. The molecule has 2 rings (SSSR count). The minimum atomic E-state index is -0.988. The predicted molar refractivity (Wildman–Crippen MR) is 81.5 cm³/mol. The number of nitrogens with one attached hydrogen (secondary N) is 1. The largest absolute Gasteiger partial charge is 0.478 e. The van der Waals surface area contributed by atoms with Crippen molar-refractivity contribution in [3.63, 3.8) is 0 Å². The maximum atomic E-state index is 11.3. The molecule has 0 spiro atoms. The van der Waals surface area contributed by atoms with E-state index >= 15 is 0 Å². The summed E-state index contributed by atoms with van der Waals surface area (Å²) in [6.45, 7) is 2.06. The highest BCUT2D eigenvalue weighted by Crippen LogP contribution is 2.27. The first-order chi connectivity index (χ1) is 9.61. The Kier molecular flexibility index (Phi) is 4.64. The molecule has 0 aliphatic carbocycles. The maximum absolute atomic E-state index is 11.3. The summed E-state index contributed by atoms with van der Waals surface area (Å²) in [5, 5.41) is 12.9. The van der Waals surface area contributed by atoms with E-state index in [4.69, 9.17) is 11.6 Å². The first-order valence-electron chi connectivity index (χ1n) is 6.46. The Bertz CT molecular complexity index is 599. The fourth-order valence-electron chi connectivity index (χ4n) is 2.11.